The van der Waals surface area contributed by atoms with Crippen LogP contribution in [0.15, 0.2) is 18.2 Å². The Hall–Kier alpha value is -1.00. The van der Waals surface area contributed by atoms with Crippen molar-refractivity contribution in [3.63, 3.8) is 0 Å². The Bertz CT molecular complexity index is 375. The van der Waals surface area contributed by atoms with Crippen molar-refractivity contribution in [1.82, 2.24) is 5.32 Å². The molecule has 1 aliphatic rings. The van der Waals surface area contributed by atoms with Crippen molar-refractivity contribution in [2.45, 2.75) is 25.4 Å². The van der Waals surface area contributed by atoms with Crippen molar-refractivity contribution < 1.29 is 13.5 Å². The van der Waals surface area contributed by atoms with Gasteiger partial charge in [0.05, 0.1) is 6.61 Å². The van der Waals surface area contributed by atoms with Crippen LogP contribution in [0.5, 0.6) is 0 Å². The van der Waals surface area contributed by atoms with E-state index in [0.29, 0.717) is 13.2 Å². The lowest BCUT2D eigenvalue weighted by Gasteiger charge is -2.23. The largest absolute Gasteiger partial charge is 0.379 e. The van der Waals surface area contributed by atoms with Gasteiger partial charge in [-0.15, -0.1) is 0 Å². The first kappa shape index (κ1) is 11.5. The van der Waals surface area contributed by atoms with E-state index in [1.54, 1.807) is 6.07 Å². The zero-order chi connectivity index (χ0) is 11.6. The third kappa shape index (κ3) is 2.57. The summed E-state index contributed by atoms with van der Waals surface area (Å²) >= 11 is 0. The normalized spacial score (nSPS) is 24.9. The number of hydrogen-bond donors (Lipinski definition) is 1. The zero-order valence-electron chi connectivity index (χ0n) is 9.22. The third-order valence-electron chi connectivity index (χ3n) is 2.92. The minimum Gasteiger partial charge on any atom is -0.379 e. The second-order valence-electron chi connectivity index (χ2n) is 4.47. The second-order valence-corrected chi connectivity index (χ2v) is 4.47. The molecule has 0 bridgehead atoms. The Kier molecular flexibility index (Phi) is 3.21. The number of nitrogens with one attached hydrogen (secondary N) is 1. The van der Waals surface area contributed by atoms with E-state index in [1.807, 2.05) is 0 Å². The van der Waals surface area contributed by atoms with Crippen molar-refractivity contribution in [3.8, 4) is 0 Å². The number of ether oxygens (including phenoxy) is 1. The van der Waals surface area contributed by atoms with Crippen molar-refractivity contribution in [2.75, 3.05) is 13.2 Å². The SMILES string of the molecule is CC1(NCc2ccc(F)c(F)c2)CCOC1. The molecule has 1 aromatic carbocycles. The van der Waals surface area contributed by atoms with Crippen LogP contribution in [-0.4, -0.2) is 18.8 Å². The first-order chi connectivity index (χ1) is 7.59. The molecule has 1 unspecified atom stereocenters. The van der Waals surface area contributed by atoms with E-state index < -0.39 is 11.6 Å². The van der Waals surface area contributed by atoms with Gasteiger partial charge in [0.1, 0.15) is 0 Å². The fourth-order valence-corrected chi connectivity index (χ4v) is 1.77. The summed E-state index contributed by atoms with van der Waals surface area (Å²) in [6.45, 7) is 4.01. The van der Waals surface area contributed by atoms with E-state index in [1.165, 1.54) is 6.07 Å². The first-order valence-corrected chi connectivity index (χ1v) is 5.36. The third-order valence-corrected chi connectivity index (χ3v) is 2.92. The van der Waals surface area contributed by atoms with E-state index in [4.69, 9.17) is 4.74 Å². The van der Waals surface area contributed by atoms with Gasteiger partial charge in [-0.3, -0.25) is 0 Å². The lowest BCUT2D eigenvalue weighted by molar-refractivity contribution is 0.171. The van der Waals surface area contributed by atoms with Gasteiger partial charge in [0.15, 0.2) is 11.6 Å². The Labute approximate surface area is 93.6 Å². The Morgan fingerprint density at radius 3 is 2.81 bits per heavy atom. The van der Waals surface area contributed by atoms with Gasteiger partial charge in [0.2, 0.25) is 0 Å². The van der Waals surface area contributed by atoms with Gasteiger partial charge in [-0.05, 0) is 31.0 Å². The summed E-state index contributed by atoms with van der Waals surface area (Å²) in [5.74, 6) is -1.61. The highest BCUT2D eigenvalue weighted by molar-refractivity contribution is 5.17. The molecule has 0 amide bonds. The Balaban J connectivity index is 1.96. The van der Waals surface area contributed by atoms with Crippen molar-refractivity contribution in [2.24, 2.45) is 0 Å². The van der Waals surface area contributed by atoms with Crippen molar-refractivity contribution in [1.29, 1.82) is 0 Å². The van der Waals surface area contributed by atoms with Gasteiger partial charge < -0.3 is 10.1 Å². The molecule has 16 heavy (non-hydrogen) atoms. The average molecular weight is 227 g/mol. The van der Waals surface area contributed by atoms with Crippen LogP contribution in [0.4, 0.5) is 8.78 Å². The van der Waals surface area contributed by atoms with Crippen molar-refractivity contribution in [3.05, 3.63) is 35.4 Å². The number of hydrogen-bond acceptors (Lipinski definition) is 2. The maximum absolute atomic E-state index is 12.9. The summed E-state index contributed by atoms with van der Waals surface area (Å²) in [5, 5.41) is 3.31. The fraction of sp³-hybridized carbons (Fsp3) is 0.500. The maximum Gasteiger partial charge on any atom is 0.159 e. The molecule has 1 atom stereocenters. The number of rotatable bonds is 3. The molecule has 0 saturated carbocycles. The summed E-state index contributed by atoms with van der Waals surface area (Å²) in [5.41, 5.74) is 0.692. The zero-order valence-corrected chi connectivity index (χ0v) is 9.22. The highest BCUT2D eigenvalue weighted by Gasteiger charge is 2.28. The molecule has 1 N–H and O–H groups in total. The molecule has 1 aromatic rings. The van der Waals surface area contributed by atoms with Gasteiger partial charge >= 0.3 is 0 Å². The van der Waals surface area contributed by atoms with Crippen LogP contribution in [0.1, 0.15) is 18.9 Å². The molecule has 0 aliphatic carbocycles. The van der Waals surface area contributed by atoms with E-state index in [2.05, 4.69) is 12.2 Å². The van der Waals surface area contributed by atoms with Crippen LogP contribution >= 0.6 is 0 Å². The summed E-state index contributed by atoms with van der Waals surface area (Å²) < 4.78 is 30.9. The minimum atomic E-state index is -0.806. The highest BCUT2D eigenvalue weighted by atomic mass is 19.2. The quantitative estimate of drug-likeness (QED) is 0.855. The molecule has 88 valence electrons. The summed E-state index contributed by atoms with van der Waals surface area (Å²) in [4.78, 5) is 0. The molecular formula is C12H15F2NO. The molecule has 0 radical (unpaired) electrons. The van der Waals surface area contributed by atoms with Crippen molar-refractivity contribution >= 4 is 0 Å². The molecule has 1 heterocycles. The predicted octanol–water partition coefficient (Wildman–Crippen LogP) is 2.23. The van der Waals surface area contributed by atoms with Crippen LogP contribution < -0.4 is 5.32 Å². The van der Waals surface area contributed by atoms with Crippen LogP contribution in [0.3, 0.4) is 0 Å². The summed E-state index contributed by atoms with van der Waals surface area (Å²) in [6.07, 6.45) is 0.941. The smallest absolute Gasteiger partial charge is 0.159 e. The molecule has 1 aliphatic heterocycles. The van der Waals surface area contributed by atoms with Crippen LogP contribution in [0, 0.1) is 11.6 Å². The minimum absolute atomic E-state index is 0.0507. The van der Waals surface area contributed by atoms with Gasteiger partial charge in [0.25, 0.3) is 0 Å². The van der Waals surface area contributed by atoms with Crippen LogP contribution in [-0.2, 0) is 11.3 Å². The highest BCUT2D eigenvalue weighted by Crippen LogP contribution is 2.18. The molecule has 1 fully saturated rings. The lowest BCUT2D eigenvalue weighted by atomic mass is 10.0. The first-order valence-electron chi connectivity index (χ1n) is 5.36. The molecule has 0 aromatic heterocycles. The topological polar surface area (TPSA) is 21.3 Å². The van der Waals surface area contributed by atoms with Gasteiger partial charge in [-0.2, -0.15) is 0 Å². The maximum atomic E-state index is 12.9. The molecular weight excluding hydrogens is 212 g/mol. The Morgan fingerprint density at radius 2 is 2.19 bits per heavy atom. The molecule has 2 rings (SSSR count). The van der Waals surface area contributed by atoms with Crippen LogP contribution in [0.2, 0.25) is 0 Å². The van der Waals surface area contributed by atoms with Gasteiger partial charge in [-0.25, -0.2) is 8.78 Å². The average Bonchev–Trinajstić information content (AvgIpc) is 2.68. The lowest BCUT2D eigenvalue weighted by Crippen LogP contribution is -2.42. The summed E-state index contributed by atoms with van der Waals surface area (Å²) in [6, 6.07) is 3.96. The van der Waals surface area contributed by atoms with E-state index in [-0.39, 0.29) is 5.54 Å². The predicted molar refractivity (Wildman–Crippen MR) is 57.0 cm³/mol. The fourth-order valence-electron chi connectivity index (χ4n) is 1.77. The molecule has 2 nitrogen and oxygen atoms in total. The number of halogens is 2. The second kappa shape index (κ2) is 4.47. The summed E-state index contributed by atoms with van der Waals surface area (Å²) in [7, 11) is 0. The molecule has 4 heteroatoms. The van der Waals surface area contributed by atoms with Crippen LogP contribution in [0.25, 0.3) is 0 Å². The van der Waals surface area contributed by atoms with Gasteiger partial charge in [0, 0.05) is 18.7 Å². The standard InChI is InChI=1S/C12H15F2NO/c1-12(4-5-16-8-12)15-7-9-2-3-10(13)11(14)6-9/h2-3,6,15H,4-5,7-8H2,1H3. The molecule has 0 spiro atoms. The van der Waals surface area contributed by atoms with E-state index in [0.717, 1.165) is 24.7 Å². The molecule has 1 saturated heterocycles. The number of benzene rings is 1. The Morgan fingerprint density at radius 1 is 1.38 bits per heavy atom. The van der Waals surface area contributed by atoms with E-state index in [9.17, 15) is 8.78 Å². The van der Waals surface area contributed by atoms with E-state index >= 15 is 0 Å². The van der Waals surface area contributed by atoms with Gasteiger partial charge in [-0.1, -0.05) is 6.07 Å². The monoisotopic (exact) mass is 227 g/mol.